The number of benzene rings is 1. The quantitative estimate of drug-likeness (QED) is 0.589. The van der Waals surface area contributed by atoms with Gasteiger partial charge in [-0.05, 0) is 68.9 Å². The molecule has 0 radical (unpaired) electrons. The van der Waals surface area contributed by atoms with E-state index in [0.717, 1.165) is 80.9 Å². The zero-order valence-electron chi connectivity index (χ0n) is 19.1. The Kier molecular flexibility index (Phi) is 5.80. The summed E-state index contributed by atoms with van der Waals surface area (Å²) in [4.78, 5) is 20.6. The monoisotopic (exact) mass is 445 g/mol. The minimum atomic E-state index is 0.225. The highest BCUT2D eigenvalue weighted by Gasteiger charge is 2.26. The van der Waals surface area contributed by atoms with Gasteiger partial charge >= 0.3 is 0 Å². The zero-order chi connectivity index (χ0) is 22.0. The van der Waals surface area contributed by atoms with Gasteiger partial charge in [0.1, 0.15) is 17.6 Å². The smallest absolute Gasteiger partial charge is 0.149 e. The molecule has 6 rings (SSSR count). The van der Waals surface area contributed by atoms with Gasteiger partial charge in [0.15, 0.2) is 0 Å². The molecule has 1 saturated heterocycles. The molecule has 1 saturated carbocycles. The minimum absolute atomic E-state index is 0.225. The van der Waals surface area contributed by atoms with Crippen LogP contribution < -0.4 is 9.64 Å². The molecule has 3 aliphatic rings. The number of rotatable bonds is 5. The van der Waals surface area contributed by atoms with Crippen LogP contribution >= 0.6 is 0 Å². The molecule has 0 bridgehead atoms. The van der Waals surface area contributed by atoms with Crippen molar-refractivity contribution in [1.29, 1.82) is 0 Å². The van der Waals surface area contributed by atoms with Gasteiger partial charge in [0.05, 0.1) is 24.8 Å². The van der Waals surface area contributed by atoms with Crippen LogP contribution in [0.25, 0.3) is 11.0 Å². The van der Waals surface area contributed by atoms with Crippen molar-refractivity contribution in [3.05, 3.63) is 47.8 Å². The number of hydrogen-bond acceptors (Lipinski definition) is 7. The first-order chi connectivity index (χ1) is 16.3. The lowest BCUT2D eigenvalue weighted by Crippen LogP contribution is -2.36. The number of aryl methyl sites for hydroxylation is 1. The van der Waals surface area contributed by atoms with E-state index in [1.54, 1.807) is 18.7 Å². The van der Waals surface area contributed by atoms with Crippen LogP contribution in [-0.2, 0) is 24.0 Å². The Balaban J connectivity index is 1.15. The lowest BCUT2D eigenvalue weighted by molar-refractivity contribution is 0.122. The molecule has 3 aromatic rings. The van der Waals surface area contributed by atoms with Crippen molar-refractivity contribution in [3.63, 3.8) is 0 Å². The van der Waals surface area contributed by atoms with Crippen molar-refractivity contribution in [3.8, 4) is 5.75 Å². The Morgan fingerprint density at radius 2 is 1.79 bits per heavy atom. The molecule has 7 heteroatoms. The van der Waals surface area contributed by atoms with Gasteiger partial charge in [-0.25, -0.2) is 15.0 Å². The summed E-state index contributed by atoms with van der Waals surface area (Å²) in [5.74, 6) is 1.54. The minimum Gasteiger partial charge on any atom is -0.488 e. The van der Waals surface area contributed by atoms with Crippen LogP contribution in [-0.4, -0.2) is 52.3 Å². The summed E-state index contributed by atoms with van der Waals surface area (Å²) < 4.78 is 12.1. The third-order valence-electron chi connectivity index (χ3n) is 7.43. The third kappa shape index (κ3) is 4.38. The number of morpholine rings is 1. The first kappa shape index (κ1) is 20.8. The van der Waals surface area contributed by atoms with E-state index < -0.39 is 0 Å². The Bertz CT molecular complexity index is 1120. The second-order valence-corrected chi connectivity index (χ2v) is 9.53. The molecule has 0 unspecified atom stereocenters. The fraction of sp³-hybridized carbons (Fsp3) is 0.538. The first-order valence-electron chi connectivity index (χ1n) is 12.4. The summed E-state index contributed by atoms with van der Waals surface area (Å²) in [7, 11) is 0. The number of aromatic nitrogens is 4. The van der Waals surface area contributed by atoms with Crippen molar-refractivity contribution >= 4 is 16.7 Å². The molecule has 2 aliphatic carbocycles. The second kappa shape index (κ2) is 9.21. The maximum atomic E-state index is 6.59. The largest absolute Gasteiger partial charge is 0.488 e. The fourth-order valence-corrected chi connectivity index (χ4v) is 5.63. The van der Waals surface area contributed by atoms with Crippen molar-refractivity contribution in [2.24, 2.45) is 5.92 Å². The Labute approximate surface area is 194 Å². The molecule has 0 N–H and O–H groups in total. The van der Waals surface area contributed by atoms with Crippen LogP contribution in [0, 0.1) is 5.92 Å². The molecule has 172 valence electrons. The molecule has 0 atom stereocenters. The molecule has 7 nitrogen and oxygen atoms in total. The Morgan fingerprint density at radius 1 is 0.939 bits per heavy atom. The molecule has 2 aromatic heterocycles. The molecular weight excluding hydrogens is 414 g/mol. The Hall–Kier alpha value is -2.80. The number of nitrogens with zero attached hydrogens (tertiary/aromatic N) is 5. The summed E-state index contributed by atoms with van der Waals surface area (Å²) in [5, 5.41) is 0. The van der Waals surface area contributed by atoms with Gasteiger partial charge in [-0.15, -0.1) is 0 Å². The average Bonchev–Trinajstić information content (AvgIpc) is 3.36. The number of fused-ring (bicyclic) bond motifs is 2. The fourth-order valence-electron chi connectivity index (χ4n) is 5.63. The van der Waals surface area contributed by atoms with Gasteiger partial charge in [-0.1, -0.05) is 0 Å². The first-order valence-corrected chi connectivity index (χ1v) is 12.4. The van der Waals surface area contributed by atoms with Crippen LogP contribution in [0.4, 0.5) is 5.69 Å². The molecule has 1 aromatic carbocycles. The second-order valence-electron chi connectivity index (χ2n) is 9.53. The molecule has 3 heterocycles. The van der Waals surface area contributed by atoms with Gasteiger partial charge in [-0.2, -0.15) is 0 Å². The maximum Gasteiger partial charge on any atom is 0.149 e. The lowest BCUT2D eigenvalue weighted by atomic mass is 9.83. The van der Waals surface area contributed by atoms with E-state index in [-0.39, 0.29) is 6.10 Å². The lowest BCUT2D eigenvalue weighted by Gasteiger charge is -2.31. The summed E-state index contributed by atoms with van der Waals surface area (Å²) >= 11 is 0. The predicted octanol–water partition coefficient (Wildman–Crippen LogP) is 3.93. The van der Waals surface area contributed by atoms with Crippen LogP contribution in [0.3, 0.4) is 0 Å². The summed E-state index contributed by atoms with van der Waals surface area (Å²) in [6, 6.07) is 4.27. The van der Waals surface area contributed by atoms with Gasteiger partial charge in [0.25, 0.3) is 0 Å². The van der Waals surface area contributed by atoms with E-state index in [0.29, 0.717) is 5.92 Å². The number of hydrogen-bond donors (Lipinski definition) is 0. The summed E-state index contributed by atoms with van der Waals surface area (Å²) in [6.45, 7) is 3.30. The normalized spacial score (nSPS) is 23.0. The topological polar surface area (TPSA) is 73.3 Å². The van der Waals surface area contributed by atoms with E-state index in [1.807, 2.05) is 0 Å². The van der Waals surface area contributed by atoms with E-state index in [2.05, 4.69) is 37.0 Å². The standard InChI is InChI=1S/C26H31N5O2/c1-2-21-22(3-1)29-17-30-23(21)14-18-4-6-20(7-5-18)33-25-16-19(31-10-12-32-13-11-31)15-24-26(25)28-9-8-27-24/h8-9,15-18,20H,1-7,10-14H2. The van der Waals surface area contributed by atoms with E-state index in [1.165, 1.54) is 36.2 Å². The highest BCUT2D eigenvalue weighted by Crippen LogP contribution is 2.35. The molecule has 1 aliphatic heterocycles. The van der Waals surface area contributed by atoms with Gasteiger partial charge in [-0.3, -0.25) is 4.98 Å². The van der Waals surface area contributed by atoms with E-state index in [4.69, 9.17) is 9.47 Å². The number of anilines is 1. The van der Waals surface area contributed by atoms with Crippen LogP contribution in [0.1, 0.15) is 49.1 Å². The zero-order valence-corrected chi connectivity index (χ0v) is 19.1. The van der Waals surface area contributed by atoms with Gasteiger partial charge in [0, 0.05) is 48.6 Å². The highest BCUT2D eigenvalue weighted by molar-refractivity contribution is 5.85. The third-order valence-corrected chi connectivity index (χ3v) is 7.43. The molecule has 2 fully saturated rings. The van der Waals surface area contributed by atoms with Crippen LogP contribution in [0.2, 0.25) is 0 Å². The number of ether oxygens (including phenoxy) is 2. The molecule has 33 heavy (non-hydrogen) atoms. The van der Waals surface area contributed by atoms with Crippen molar-refractivity contribution in [2.45, 2.75) is 57.5 Å². The molecule has 0 amide bonds. The molecular formula is C26H31N5O2. The van der Waals surface area contributed by atoms with E-state index >= 15 is 0 Å². The average molecular weight is 446 g/mol. The van der Waals surface area contributed by atoms with Crippen molar-refractivity contribution in [1.82, 2.24) is 19.9 Å². The summed E-state index contributed by atoms with van der Waals surface area (Å²) in [6.07, 6.45) is 14.6. The van der Waals surface area contributed by atoms with Crippen LogP contribution in [0.5, 0.6) is 5.75 Å². The Morgan fingerprint density at radius 3 is 2.67 bits per heavy atom. The maximum absolute atomic E-state index is 6.59. The predicted molar refractivity (Wildman–Crippen MR) is 127 cm³/mol. The van der Waals surface area contributed by atoms with E-state index in [9.17, 15) is 0 Å². The highest BCUT2D eigenvalue weighted by atomic mass is 16.5. The van der Waals surface area contributed by atoms with Crippen molar-refractivity contribution in [2.75, 3.05) is 31.2 Å². The van der Waals surface area contributed by atoms with Gasteiger partial charge in [0.2, 0.25) is 0 Å². The summed E-state index contributed by atoms with van der Waals surface area (Å²) in [5.41, 5.74) is 6.90. The van der Waals surface area contributed by atoms with Crippen LogP contribution in [0.15, 0.2) is 30.9 Å². The van der Waals surface area contributed by atoms with Crippen molar-refractivity contribution < 1.29 is 9.47 Å². The molecule has 0 spiro atoms. The van der Waals surface area contributed by atoms with Gasteiger partial charge < -0.3 is 14.4 Å². The SMILES string of the molecule is c1nc2c(c(CC3CCC(Oc4cc(N5CCOCC5)cc5nccnc45)CC3)n1)CCC2.